The first kappa shape index (κ1) is 22.9. The van der Waals surface area contributed by atoms with Crippen LogP contribution in [-0.2, 0) is 6.54 Å². The molecule has 11 heteroatoms. The summed E-state index contributed by atoms with van der Waals surface area (Å²) in [5.41, 5.74) is 3.14. The number of hydrogen-bond acceptors (Lipinski definition) is 9. The largest absolute Gasteiger partial charge is 0.497 e. The maximum atomic E-state index is 8.49. The molecule has 0 aliphatic rings. The molecule has 0 saturated heterocycles. The number of benzene rings is 2. The van der Waals surface area contributed by atoms with Crippen LogP contribution in [-0.4, -0.2) is 21.2 Å². The minimum absolute atomic E-state index is 0.846. The van der Waals surface area contributed by atoms with E-state index in [1.54, 1.807) is 18.4 Å². The number of azo groups is 1. The summed E-state index contributed by atoms with van der Waals surface area (Å²) in [4.78, 5) is 2.06. The number of methoxy groups -OCH3 is 1. The van der Waals surface area contributed by atoms with Crippen LogP contribution in [0.3, 0.4) is 0 Å². The highest BCUT2D eigenvalue weighted by Crippen LogP contribution is 2.30. The fourth-order valence-electron chi connectivity index (χ4n) is 2.48. The molecule has 1 aromatic heterocycles. The van der Waals surface area contributed by atoms with E-state index < -0.39 is 10.2 Å². The summed E-state index contributed by atoms with van der Waals surface area (Å²) >= 11 is 1.62. The lowest BCUT2D eigenvalue weighted by molar-refractivity contribution is -2.00. The van der Waals surface area contributed by atoms with Crippen molar-refractivity contribution in [3.8, 4) is 5.75 Å². The Morgan fingerprint density at radius 2 is 1.66 bits per heavy atom. The molecule has 0 atom stereocenters. The van der Waals surface area contributed by atoms with Gasteiger partial charge in [-0.25, -0.2) is 23.2 Å². The monoisotopic (exact) mass is 440 g/mol. The number of hydrogen-bond donors (Lipinski definition) is 0. The van der Waals surface area contributed by atoms with E-state index in [0.29, 0.717) is 0 Å². The highest BCUT2D eigenvalue weighted by molar-refractivity contribution is 7.21. The minimum Gasteiger partial charge on any atom is -0.497 e. The Morgan fingerprint density at radius 3 is 2.17 bits per heavy atom. The average molecular weight is 441 g/mol. The lowest BCUT2D eigenvalue weighted by Gasteiger charge is -2.17. The van der Waals surface area contributed by atoms with E-state index in [1.165, 1.54) is 0 Å². The summed E-state index contributed by atoms with van der Waals surface area (Å²) in [6, 6.07) is 14.1. The Hall–Kier alpha value is -2.34. The maximum Gasteiger partial charge on any atom is 0.409 e. The van der Waals surface area contributed by atoms with E-state index in [0.717, 1.165) is 39.0 Å². The summed E-state index contributed by atoms with van der Waals surface area (Å²) in [7, 11) is 0.777. The van der Waals surface area contributed by atoms with Gasteiger partial charge in [0.1, 0.15) is 17.0 Å². The van der Waals surface area contributed by atoms with Crippen LogP contribution in [0.4, 0.5) is 16.5 Å². The number of nitrogens with zero attached hydrogens (tertiary/aromatic N) is 4. The van der Waals surface area contributed by atoms with Gasteiger partial charge >= 0.3 is 5.13 Å². The number of ether oxygens (including phenoxy) is 1. The van der Waals surface area contributed by atoms with Crippen molar-refractivity contribution in [1.82, 2.24) is 0 Å². The van der Waals surface area contributed by atoms with Crippen molar-refractivity contribution in [1.29, 1.82) is 0 Å². The maximum absolute atomic E-state index is 8.49. The van der Waals surface area contributed by atoms with Crippen LogP contribution in [0.1, 0.15) is 6.92 Å². The molecule has 3 aromatic rings. The predicted molar refractivity (Wildman–Crippen MR) is 99.2 cm³/mol. The van der Waals surface area contributed by atoms with E-state index in [4.69, 9.17) is 23.4 Å². The molecule has 1 heterocycles. The van der Waals surface area contributed by atoms with Crippen LogP contribution in [0.15, 0.2) is 52.7 Å². The van der Waals surface area contributed by atoms with E-state index >= 15 is 0 Å². The molecule has 0 aliphatic carbocycles. The Bertz CT molecular complexity index is 965. The van der Waals surface area contributed by atoms with Crippen LogP contribution >= 0.6 is 11.3 Å². The number of fused-ring (bicyclic) bond motifs is 1. The third-order valence-electron chi connectivity index (χ3n) is 3.82. The normalized spacial score (nSPS) is 11.4. The van der Waals surface area contributed by atoms with E-state index in [2.05, 4.69) is 32.7 Å². The zero-order valence-electron chi connectivity index (χ0n) is 16.4. The first-order valence-corrected chi connectivity index (χ1v) is 10.5. The molecule has 0 radical (unpaired) electrons. The topological polar surface area (TPSA) is 133 Å². The number of aryl methyl sites for hydroxylation is 1. The van der Waals surface area contributed by atoms with Crippen molar-refractivity contribution >= 4 is 38.1 Å². The second kappa shape index (κ2) is 9.92. The molecular weight excluding hydrogens is 420 g/mol. The smallest absolute Gasteiger partial charge is 0.409 e. The number of aromatic nitrogens is 1. The van der Waals surface area contributed by atoms with Crippen LogP contribution < -0.4 is 32.8 Å². The molecule has 0 saturated carbocycles. The molecule has 2 aromatic carbocycles. The summed E-state index contributed by atoms with van der Waals surface area (Å²) in [6.07, 6.45) is 0. The fourth-order valence-corrected chi connectivity index (χ4v) is 3.55. The van der Waals surface area contributed by atoms with E-state index in [1.807, 2.05) is 50.5 Å². The van der Waals surface area contributed by atoms with Crippen LogP contribution in [0, 0.1) is 10.2 Å². The molecule has 0 N–H and O–H groups in total. The Labute approximate surface area is 174 Å². The first-order chi connectivity index (χ1) is 13.6. The van der Waals surface area contributed by atoms with Crippen LogP contribution in [0.5, 0.6) is 5.75 Å². The minimum atomic E-state index is -4.94. The highest BCUT2D eigenvalue weighted by Gasteiger charge is 2.18. The Kier molecular flexibility index (Phi) is 7.85. The Morgan fingerprint density at radius 1 is 1.03 bits per heavy atom. The summed E-state index contributed by atoms with van der Waals surface area (Å²) < 4.78 is 42.6. The van der Waals surface area contributed by atoms with Crippen LogP contribution in [0.2, 0.25) is 0 Å². The number of thiazole rings is 1. The first-order valence-electron chi connectivity index (χ1n) is 8.43. The molecule has 0 unspecified atom stereocenters. The second-order valence-corrected chi connectivity index (χ2v) is 7.72. The van der Waals surface area contributed by atoms with Crippen molar-refractivity contribution in [2.75, 3.05) is 26.1 Å². The van der Waals surface area contributed by atoms with Gasteiger partial charge in [-0.2, -0.15) is 0 Å². The number of halogens is 1. The average Bonchev–Trinajstić information content (AvgIpc) is 3.01. The fraction of sp³-hybridized carbons (Fsp3) is 0.278. The number of anilines is 1. The lowest BCUT2D eigenvalue weighted by atomic mass is 10.3. The number of rotatable bonds is 5. The predicted octanol–water partition coefficient (Wildman–Crippen LogP) is -0.0573. The highest BCUT2D eigenvalue weighted by atomic mass is 35.7. The van der Waals surface area contributed by atoms with Crippen molar-refractivity contribution in [2.45, 2.75) is 13.5 Å². The standard InChI is InChI=1S/C18H21N4OS.ClHO4/c1-5-22-16-11-10-15(23-4)12-17(16)24-18(22)20-19-13-6-8-14(9-7-13)21(2)3;2-1(3,4)5/h6-12H,5H2,1-4H3;(H,2,3,4,5)/q+1;/p-1. The van der Waals surface area contributed by atoms with Gasteiger partial charge < -0.3 is 9.64 Å². The summed E-state index contributed by atoms with van der Waals surface area (Å²) in [5.74, 6) is 0.856. The zero-order valence-corrected chi connectivity index (χ0v) is 17.9. The molecule has 0 amide bonds. The lowest BCUT2D eigenvalue weighted by Crippen LogP contribution is -2.68. The van der Waals surface area contributed by atoms with Gasteiger partial charge in [-0.1, -0.05) is 0 Å². The van der Waals surface area contributed by atoms with Gasteiger partial charge in [0.05, 0.1) is 23.5 Å². The second-order valence-electron chi connectivity index (χ2n) is 5.95. The molecule has 0 spiro atoms. The summed E-state index contributed by atoms with van der Waals surface area (Å²) in [6.45, 7) is 2.96. The molecule has 3 rings (SSSR count). The third kappa shape index (κ3) is 6.89. The van der Waals surface area contributed by atoms with Crippen LogP contribution in [0.25, 0.3) is 10.2 Å². The molecule has 0 aliphatic heterocycles. The van der Waals surface area contributed by atoms with Crippen molar-refractivity contribution in [3.63, 3.8) is 0 Å². The molecule has 0 bridgehead atoms. The van der Waals surface area contributed by atoms with Crippen molar-refractivity contribution in [2.24, 2.45) is 10.2 Å². The van der Waals surface area contributed by atoms with Gasteiger partial charge in [-0.15, -0.1) is 10.2 Å². The van der Waals surface area contributed by atoms with Gasteiger partial charge in [0, 0.05) is 25.8 Å². The molecule has 156 valence electrons. The molecular formula is C18H21ClN4O5S. The zero-order chi connectivity index (χ0) is 21.6. The van der Waals surface area contributed by atoms with Gasteiger partial charge in [-0.3, -0.25) is 0 Å². The van der Waals surface area contributed by atoms with Crippen molar-refractivity contribution < 1.29 is 38.2 Å². The quantitative estimate of drug-likeness (QED) is 0.403. The molecule has 0 fully saturated rings. The summed E-state index contributed by atoms with van der Waals surface area (Å²) in [5, 5.41) is 9.74. The SMILES string of the molecule is CC[n+]1c(/N=N/c2ccc(N(C)C)cc2)sc2cc(OC)ccc21.[O-][Cl+3]([O-])([O-])[O-]. The van der Waals surface area contributed by atoms with Gasteiger partial charge in [-0.05, 0) is 59.8 Å². The van der Waals surface area contributed by atoms with Gasteiger partial charge in [0.15, 0.2) is 0 Å². The van der Waals surface area contributed by atoms with Gasteiger partial charge in [0.25, 0.3) is 0 Å². The molecule has 29 heavy (non-hydrogen) atoms. The third-order valence-corrected chi connectivity index (χ3v) is 4.85. The Balaban J connectivity index is 0.000000537. The van der Waals surface area contributed by atoms with Crippen molar-refractivity contribution in [3.05, 3.63) is 42.5 Å². The van der Waals surface area contributed by atoms with Gasteiger partial charge in [0.2, 0.25) is 0 Å². The van der Waals surface area contributed by atoms with E-state index in [-0.39, 0.29) is 0 Å². The van der Waals surface area contributed by atoms with E-state index in [9.17, 15) is 0 Å². The molecule has 9 nitrogen and oxygen atoms in total.